The van der Waals surface area contributed by atoms with Gasteiger partial charge in [-0.05, 0) is 20.3 Å². The third kappa shape index (κ3) is 1.67. The van der Waals surface area contributed by atoms with E-state index in [4.69, 9.17) is 0 Å². The highest BCUT2D eigenvalue weighted by Crippen LogP contribution is 2.18. The Bertz CT molecular complexity index is 242. The van der Waals surface area contributed by atoms with Gasteiger partial charge in [-0.2, -0.15) is 0 Å². The summed E-state index contributed by atoms with van der Waals surface area (Å²) in [6, 6.07) is 0.365. The lowest BCUT2D eigenvalue weighted by atomic mass is 10.2. The second-order valence-corrected chi connectivity index (χ2v) is 3.24. The van der Waals surface area contributed by atoms with Crippen LogP contribution in [0.3, 0.4) is 0 Å². The fourth-order valence-electron chi connectivity index (χ4n) is 1.21. The zero-order valence-corrected chi connectivity index (χ0v) is 7.86. The molecule has 0 saturated heterocycles. The van der Waals surface area contributed by atoms with Crippen LogP contribution in [0.1, 0.15) is 45.0 Å². The molecular formula is C9H16N2O. The highest BCUT2D eigenvalue weighted by atomic mass is 16.3. The number of hydrogen-bond donors (Lipinski definition) is 1. The lowest BCUT2D eigenvalue weighted by Crippen LogP contribution is -2.08. The molecule has 0 fully saturated rings. The van der Waals surface area contributed by atoms with Crippen LogP contribution in [0, 0.1) is 0 Å². The number of imidazole rings is 1. The summed E-state index contributed by atoms with van der Waals surface area (Å²) in [6.07, 6.45) is 3.85. The van der Waals surface area contributed by atoms with Gasteiger partial charge in [-0.25, -0.2) is 4.98 Å². The third-order valence-electron chi connectivity index (χ3n) is 1.98. The maximum atomic E-state index is 9.59. The van der Waals surface area contributed by atoms with Crippen molar-refractivity contribution in [1.29, 1.82) is 0 Å². The van der Waals surface area contributed by atoms with Crippen LogP contribution in [-0.2, 0) is 0 Å². The Balaban J connectivity index is 2.91. The summed E-state index contributed by atoms with van der Waals surface area (Å²) in [6.45, 7) is 6.11. The fourth-order valence-corrected chi connectivity index (χ4v) is 1.21. The highest BCUT2D eigenvalue weighted by Gasteiger charge is 2.11. The van der Waals surface area contributed by atoms with E-state index >= 15 is 0 Å². The first-order chi connectivity index (χ1) is 5.66. The average molecular weight is 168 g/mol. The molecule has 0 aliphatic heterocycles. The molecule has 1 N–H and O–H groups in total. The van der Waals surface area contributed by atoms with Gasteiger partial charge >= 0.3 is 0 Å². The van der Waals surface area contributed by atoms with Gasteiger partial charge in [-0.3, -0.25) is 0 Å². The van der Waals surface area contributed by atoms with E-state index in [-0.39, 0.29) is 6.10 Å². The lowest BCUT2D eigenvalue weighted by molar-refractivity contribution is 0.162. The maximum absolute atomic E-state index is 9.59. The summed E-state index contributed by atoms with van der Waals surface area (Å²) in [5.41, 5.74) is 0.910. The molecule has 1 atom stereocenters. The highest BCUT2D eigenvalue weighted by molar-refractivity contribution is 5.03. The standard InChI is InChI=1S/C9H16N2O/c1-4-9(12)8-5-10-6-11(8)7(2)3/h5-7,9,12H,4H2,1-3H3. The van der Waals surface area contributed by atoms with Crippen molar-refractivity contribution in [3.8, 4) is 0 Å². The van der Waals surface area contributed by atoms with E-state index in [0.717, 1.165) is 12.1 Å². The van der Waals surface area contributed by atoms with Gasteiger partial charge in [-0.1, -0.05) is 6.92 Å². The molecule has 0 aliphatic rings. The van der Waals surface area contributed by atoms with Crippen LogP contribution in [-0.4, -0.2) is 14.7 Å². The molecule has 1 rings (SSSR count). The van der Waals surface area contributed by atoms with Gasteiger partial charge < -0.3 is 9.67 Å². The molecule has 68 valence electrons. The summed E-state index contributed by atoms with van der Waals surface area (Å²) in [4.78, 5) is 4.02. The van der Waals surface area contributed by atoms with Gasteiger partial charge in [0.15, 0.2) is 0 Å². The SMILES string of the molecule is CCC(O)c1cncn1C(C)C. The molecule has 1 aromatic heterocycles. The molecule has 1 heterocycles. The van der Waals surface area contributed by atoms with Crippen molar-refractivity contribution in [3.05, 3.63) is 18.2 Å². The average Bonchev–Trinajstić information content (AvgIpc) is 2.50. The topological polar surface area (TPSA) is 38.1 Å². The molecule has 0 bridgehead atoms. The minimum Gasteiger partial charge on any atom is -0.387 e. The van der Waals surface area contributed by atoms with Crippen LogP contribution in [0.2, 0.25) is 0 Å². The molecule has 12 heavy (non-hydrogen) atoms. The van der Waals surface area contributed by atoms with E-state index in [1.807, 2.05) is 11.5 Å². The summed E-state index contributed by atoms with van der Waals surface area (Å²) in [5, 5.41) is 9.59. The van der Waals surface area contributed by atoms with Crippen molar-refractivity contribution in [2.45, 2.75) is 39.3 Å². The van der Waals surface area contributed by atoms with E-state index in [1.54, 1.807) is 12.5 Å². The number of aliphatic hydroxyl groups is 1. The van der Waals surface area contributed by atoms with Crippen molar-refractivity contribution >= 4 is 0 Å². The zero-order valence-electron chi connectivity index (χ0n) is 7.86. The summed E-state index contributed by atoms with van der Waals surface area (Å²) in [5.74, 6) is 0. The van der Waals surface area contributed by atoms with Gasteiger partial charge in [0.05, 0.1) is 24.3 Å². The Labute approximate surface area is 73.1 Å². The summed E-state index contributed by atoms with van der Waals surface area (Å²) < 4.78 is 1.99. The molecule has 0 aromatic carbocycles. The molecule has 0 amide bonds. The first-order valence-corrected chi connectivity index (χ1v) is 4.36. The number of nitrogens with zero attached hydrogens (tertiary/aromatic N) is 2. The Kier molecular flexibility index (Phi) is 2.87. The molecule has 0 radical (unpaired) electrons. The Morgan fingerprint density at radius 1 is 1.58 bits per heavy atom. The number of hydrogen-bond acceptors (Lipinski definition) is 2. The van der Waals surface area contributed by atoms with E-state index < -0.39 is 0 Å². The van der Waals surface area contributed by atoms with Crippen molar-refractivity contribution in [1.82, 2.24) is 9.55 Å². The number of aliphatic hydroxyl groups excluding tert-OH is 1. The first kappa shape index (κ1) is 9.26. The van der Waals surface area contributed by atoms with Crippen LogP contribution in [0.4, 0.5) is 0 Å². The van der Waals surface area contributed by atoms with Crippen LogP contribution in [0.5, 0.6) is 0 Å². The van der Waals surface area contributed by atoms with Crippen LogP contribution >= 0.6 is 0 Å². The molecule has 3 heteroatoms. The molecule has 0 spiro atoms. The van der Waals surface area contributed by atoms with Crippen molar-refractivity contribution in [2.75, 3.05) is 0 Å². The Morgan fingerprint density at radius 2 is 2.25 bits per heavy atom. The van der Waals surface area contributed by atoms with Crippen LogP contribution in [0.25, 0.3) is 0 Å². The quantitative estimate of drug-likeness (QED) is 0.748. The van der Waals surface area contributed by atoms with Crippen LogP contribution in [0.15, 0.2) is 12.5 Å². The van der Waals surface area contributed by atoms with E-state index in [2.05, 4.69) is 18.8 Å². The smallest absolute Gasteiger partial charge is 0.0953 e. The second-order valence-electron chi connectivity index (χ2n) is 3.24. The van der Waals surface area contributed by atoms with Gasteiger partial charge in [0.2, 0.25) is 0 Å². The molecule has 0 saturated carbocycles. The summed E-state index contributed by atoms with van der Waals surface area (Å²) in [7, 11) is 0. The third-order valence-corrected chi connectivity index (χ3v) is 1.98. The lowest BCUT2D eigenvalue weighted by Gasteiger charge is -2.14. The number of aromatic nitrogens is 2. The van der Waals surface area contributed by atoms with E-state index in [9.17, 15) is 5.11 Å². The largest absolute Gasteiger partial charge is 0.387 e. The molecule has 3 nitrogen and oxygen atoms in total. The van der Waals surface area contributed by atoms with Crippen molar-refractivity contribution < 1.29 is 5.11 Å². The van der Waals surface area contributed by atoms with Gasteiger partial charge in [0, 0.05) is 6.04 Å². The van der Waals surface area contributed by atoms with Crippen molar-refractivity contribution in [3.63, 3.8) is 0 Å². The molecular weight excluding hydrogens is 152 g/mol. The molecule has 1 unspecified atom stereocenters. The Hall–Kier alpha value is -0.830. The Morgan fingerprint density at radius 3 is 2.75 bits per heavy atom. The van der Waals surface area contributed by atoms with Crippen molar-refractivity contribution in [2.24, 2.45) is 0 Å². The van der Waals surface area contributed by atoms with E-state index in [0.29, 0.717) is 6.04 Å². The molecule has 0 aliphatic carbocycles. The van der Waals surface area contributed by atoms with Gasteiger partial charge in [-0.15, -0.1) is 0 Å². The minimum atomic E-state index is -0.380. The predicted octanol–water partition coefficient (Wildman–Crippen LogP) is 1.91. The first-order valence-electron chi connectivity index (χ1n) is 4.36. The summed E-state index contributed by atoms with van der Waals surface area (Å²) >= 11 is 0. The monoisotopic (exact) mass is 168 g/mol. The van der Waals surface area contributed by atoms with Gasteiger partial charge in [0.1, 0.15) is 0 Å². The van der Waals surface area contributed by atoms with E-state index in [1.165, 1.54) is 0 Å². The minimum absolute atomic E-state index is 0.365. The van der Waals surface area contributed by atoms with Gasteiger partial charge in [0.25, 0.3) is 0 Å². The second kappa shape index (κ2) is 3.72. The number of rotatable bonds is 3. The normalized spacial score (nSPS) is 13.8. The molecule has 1 aromatic rings. The zero-order chi connectivity index (χ0) is 9.14. The maximum Gasteiger partial charge on any atom is 0.0953 e. The van der Waals surface area contributed by atoms with Crippen LogP contribution < -0.4 is 0 Å². The fraction of sp³-hybridized carbons (Fsp3) is 0.667. The predicted molar refractivity (Wildman–Crippen MR) is 47.9 cm³/mol.